The maximum absolute atomic E-state index is 14.0. The Balaban J connectivity index is 2.54. The van der Waals surface area contributed by atoms with E-state index in [4.69, 9.17) is 0 Å². The lowest BCUT2D eigenvalue weighted by atomic mass is 9.60. The Hall–Kier alpha value is -1.91. The summed E-state index contributed by atoms with van der Waals surface area (Å²) < 4.78 is 14.0. The molecule has 2 rings (SSSR count). The molecule has 1 aromatic rings. The van der Waals surface area contributed by atoms with Crippen LogP contribution in [-0.2, 0) is 15.0 Å². The van der Waals surface area contributed by atoms with Crippen LogP contribution >= 0.6 is 0 Å². The first-order chi connectivity index (χ1) is 9.32. The molecule has 2 N–H and O–H groups in total. The van der Waals surface area contributed by atoms with Gasteiger partial charge in [-0.1, -0.05) is 24.6 Å². The Morgan fingerprint density at radius 2 is 1.80 bits per heavy atom. The molecule has 0 amide bonds. The zero-order chi connectivity index (χ0) is 15.0. The van der Waals surface area contributed by atoms with Crippen molar-refractivity contribution in [2.75, 3.05) is 0 Å². The van der Waals surface area contributed by atoms with Crippen LogP contribution in [0, 0.1) is 11.2 Å². The molecule has 2 unspecified atom stereocenters. The summed E-state index contributed by atoms with van der Waals surface area (Å²) in [5, 5.41) is 19.0. The molecule has 0 aromatic heterocycles. The van der Waals surface area contributed by atoms with E-state index in [0.29, 0.717) is 12.8 Å². The van der Waals surface area contributed by atoms with Crippen LogP contribution in [0.25, 0.3) is 0 Å². The van der Waals surface area contributed by atoms with E-state index in [1.54, 1.807) is 6.07 Å². The highest BCUT2D eigenvalue weighted by Crippen LogP contribution is 2.49. The summed E-state index contributed by atoms with van der Waals surface area (Å²) in [4.78, 5) is 23.2. The number of rotatable bonds is 3. The van der Waals surface area contributed by atoms with Crippen molar-refractivity contribution < 1.29 is 24.2 Å². The Bertz CT molecular complexity index is 557. The van der Waals surface area contributed by atoms with Crippen LogP contribution in [0.4, 0.5) is 4.39 Å². The van der Waals surface area contributed by atoms with E-state index in [1.165, 1.54) is 25.1 Å². The summed E-state index contributed by atoms with van der Waals surface area (Å²) in [7, 11) is 0. The van der Waals surface area contributed by atoms with Gasteiger partial charge in [-0.3, -0.25) is 9.59 Å². The van der Waals surface area contributed by atoms with E-state index >= 15 is 0 Å². The minimum absolute atomic E-state index is 0.0830. The Morgan fingerprint density at radius 1 is 1.15 bits per heavy atom. The van der Waals surface area contributed by atoms with E-state index in [0.717, 1.165) is 0 Å². The lowest BCUT2D eigenvalue weighted by molar-refractivity contribution is -0.156. The van der Waals surface area contributed by atoms with Crippen molar-refractivity contribution >= 4 is 11.9 Å². The molecular formula is C15H17FO4. The first-order valence-electron chi connectivity index (χ1n) is 6.54. The second-order valence-electron chi connectivity index (χ2n) is 5.76. The molecule has 0 radical (unpaired) electrons. The quantitative estimate of drug-likeness (QED) is 0.892. The molecular weight excluding hydrogens is 263 g/mol. The fourth-order valence-corrected chi connectivity index (χ4v) is 3.18. The highest BCUT2D eigenvalue weighted by atomic mass is 19.1. The largest absolute Gasteiger partial charge is 0.481 e. The molecule has 1 aromatic carbocycles. The Kier molecular flexibility index (Phi) is 3.54. The van der Waals surface area contributed by atoms with Gasteiger partial charge >= 0.3 is 11.9 Å². The van der Waals surface area contributed by atoms with Crippen LogP contribution in [0.2, 0.25) is 0 Å². The number of carboxylic acid groups (broad SMARTS) is 2. The lowest BCUT2D eigenvalue weighted by Crippen LogP contribution is -2.47. The van der Waals surface area contributed by atoms with Gasteiger partial charge in [-0.15, -0.1) is 0 Å². The van der Waals surface area contributed by atoms with Crippen molar-refractivity contribution in [3.63, 3.8) is 0 Å². The predicted octanol–water partition coefficient (Wildman–Crippen LogP) is 2.81. The van der Waals surface area contributed by atoms with Gasteiger partial charge in [0.2, 0.25) is 0 Å². The van der Waals surface area contributed by atoms with Crippen molar-refractivity contribution in [1.82, 2.24) is 0 Å². The number of benzene rings is 1. The maximum Gasteiger partial charge on any atom is 0.314 e. The number of carboxylic acids is 2. The Labute approximate surface area is 116 Å². The molecule has 0 saturated heterocycles. The van der Waals surface area contributed by atoms with E-state index < -0.39 is 28.6 Å². The molecule has 0 bridgehead atoms. The highest BCUT2D eigenvalue weighted by molar-refractivity contribution is 5.84. The lowest BCUT2D eigenvalue weighted by Gasteiger charge is -2.42. The van der Waals surface area contributed by atoms with Crippen LogP contribution in [-0.4, -0.2) is 22.2 Å². The van der Waals surface area contributed by atoms with Crippen LogP contribution in [0.15, 0.2) is 24.3 Å². The van der Waals surface area contributed by atoms with Crippen molar-refractivity contribution in [2.45, 2.75) is 38.0 Å². The van der Waals surface area contributed by atoms with Crippen LogP contribution in [0.5, 0.6) is 0 Å². The second kappa shape index (κ2) is 4.89. The van der Waals surface area contributed by atoms with Gasteiger partial charge in [0.15, 0.2) is 0 Å². The predicted molar refractivity (Wildman–Crippen MR) is 69.9 cm³/mol. The third-order valence-corrected chi connectivity index (χ3v) is 4.34. The van der Waals surface area contributed by atoms with Gasteiger partial charge < -0.3 is 10.2 Å². The summed E-state index contributed by atoms with van der Waals surface area (Å²) in [6.45, 7) is 1.53. The summed E-state index contributed by atoms with van der Waals surface area (Å²) in [5.41, 5.74) is -2.52. The standard InChI is InChI=1S/C15H17FO4/c1-14(12(17)18)7-4-8-15(9-14,13(19)20)10-5-2-3-6-11(10)16/h2-3,5-6H,4,7-9H2,1H3,(H,17,18)(H,19,20). The summed E-state index contributed by atoms with van der Waals surface area (Å²) in [6, 6.07) is 5.73. The van der Waals surface area contributed by atoms with Crippen molar-refractivity contribution in [2.24, 2.45) is 5.41 Å². The van der Waals surface area contributed by atoms with Crippen LogP contribution in [0.3, 0.4) is 0 Å². The molecule has 2 atom stereocenters. The normalized spacial score (nSPS) is 29.9. The molecule has 1 aliphatic carbocycles. The first kappa shape index (κ1) is 14.5. The minimum atomic E-state index is -1.46. The molecule has 0 heterocycles. The SMILES string of the molecule is CC1(C(=O)O)CCCC(C(=O)O)(c2ccccc2F)C1. The van der Waals surface area contributed by atoms with E-state index in [-0.39, 0.29) is 18.4 Å². The molecule has 4 nitrogen and oxygen atoms in total. The third kappa shape index (κ3) is 2.17. The average molecular weight is 280 g/mol. The monoisotopic (exact) mass is 280 g/mol. The van der Waals surface area contributed by atoms with E-state index in [1.807, 2.05) is 0 Å². The van der Waals surface area contributed by atoms with Gasteiger partial charge in [-0.25, -0.2) is 4.39 Å². The van der Waals surface area contributed by atoms with Gasteiger partial charge in [-0.05, 0) is 32.3 Å². The average Bonchev–Trinajstić information content (AvgIpc) is 2.38. The smallest absolute Gasteiger partial charge is 0.314 e. The van der Waals surface area contributed by atoms with Crippen molar-refractivity contribution in [3.05, 3.63) is 35.6 Å². The van der Waals surface area contributed by atoms with Crippen molar-refractivity contribution in [3.8, 4) is 0 Å². The molecule has 1 fully saturated rings. The van der Waals surface area contributed by atoms with Crippen LogP contribution in [0.1, 0.15) is 38.2 Å². The summed E-state index contributed by atoms with van der Waals surface area (Å²) in [6.07, 6.45) is 1.02. The fraction of sp³-hybridized carbons (Fsp3) is 0.467. The fourth-order valence-electron chi connectivity index (χ4n) is 3.18. The second-order valence-corrected chi connectivity index (χ2v) is 5.76. The molecule has 0 spiro atoms. The molecule has 20 heavy (non-hydrogen) atoms. The van der Waals surface area contributed by atoms with Gasteiger partial charge in [0.1, 0.15) is 5.82 Å². The number of aliphatic carboxylic acids is 2. The number of halogens is 1. The van der Waals surface area contributed by atoms with Crippen molar-refractivity contribution in [1.29, 1.82) is 0 Å². The summed E-state index contributed by atoms with van der Waals surface area (Å²) in [5.74, 6) is -2.78. The van der Waals surface area contributed by atoms with Gasteiger partial charge in [-0.2, -0.15) is 0 Å². The minimum Gasteiger partial charge on any atom is -0.481 e. The maximum atomic E-state index is 14.0. The summed E-state index contributed by atoms with van der Waals surface area (Å²) >= 11 is 0. The highest BCUT2D eigenvalue weighted by Gasteiger charge is 2.52. The zero-order valence-electron chi connectivity index (χ0n) is 11.2. The van der Waals surface area contributed by atoms with Gasteiger partial charge in [0, 0.05) is 5.56 Å². The number of carbonyl (C=O) groups is 2. The Morgan fingerprint density at radius 3 is 2.35 bits per heavy atom. The van der Waals surface area contributed by atoms with Gasteiger partial charge in [0.25, 0.3) is 0 Å². The number of hydrogen-bond acceptors (Lipinski definition) is 2. The zero-order valence-corrected chi connectivity index (χ0v) is 11.2. The third-order valence-electron chi connectivity index (χ3n) is 4.34. The van der Waals surface area contributed by atoms with E-state index in [9.17, 15) is 24.2 Å². The topological polar surface area (TPSA) is 74.6 Å². The van der Waals surface area contributed by atoms with Gasteiger partial charge in [0.05, 0.1) is 10.8 Å². The van der Waals surface area contributed by atoms with E-state index in [2.05, 4.69) is 0 Å². The molecule has 1 saturated carbocycles. The molecule has 0 aliphatic heterocycles. The molecule has 1 aliphatic rings. The first-order valence-corrected chi connectivity index (χ1v) is 6.54. The molecule has 5 heteroatoms. The molecule has 108 valence electrons. The van der Waals surface area contributed by atoms with Crippen LogP contribution < -0.4 is 0 Å². The number of hydrogen-bond donors (Lipinski definition) is 2.